The Morgan fingerprint density at radius 3 is 2.56 bits per heavy atom. The van der Waals surface area contributed by atoms with Gasteiger partial charge in [-0.15, -0.1) is 10.2 Å². The van der Waals surface area contributed by atoms with Crippen molar-refractivity contribution in [1.29, 1.82) is 0 Å². The van der Waals surface area contributed by atoms with Crippen LogP contribution < -0.4 is 5.73 Å². The summed E-state index contributed by atoms with van der Waals surface area (Å²) in [5.41, 5.74) is 8.50. The van der Waals surface area contributed by atoms with Crippen molar-refractivity contribution in [3.8, 4) is 11.3 Å². The molecule has 0 spiro atoms. The average Bonchev–Trinajstić information content (AvgIpc) is 2.82. The van der Waals surface area contributed by atoms with Gasteiger partial charge in [-0.1, -0.05) is 30.3 Å². The Labute approximate surface area is 104 Å². The van der Waals surface area contributed by atoms with Crippen LogP contribution in [0, 0.1) is 0 Å². The molecule has 0 unspecified atom stereocenters. The first kappa shape index (κ1) is 10.9. The van der Waals surface area contributed by atoms with Gasteiger partial charge in [-0.05, 0) is 19.1 Å². The van der Waals surface area contributed by atoms with Gasteiger partial charge in [0, 0.05) is 5.56 Å². The summed E-state index contributed by atoms with van der Waals surface area (Å²) in [4.78, 5) is 0. The predicted octanol–water partition coefficient (Wildman–Crippen LogP) is 1.81. The summed E-state index contributed by atoms with van der Waals surface area (Å²) in [5, 5.41) is 12.6. The number of fused-ring (bicyclic) bond motifs is 1. The maximum absolute atomic E-state index is 5.85. The van der Waals surface area contributed by atoms with Crippen molar-refractivity contribution >= 4 is 5.65 Å². The number of benzene rings is 1. The SMILES string of the molecule is C[C@H](N)c1nnc2ccc(-c3ccccc3)nn12. The fourth-order valence-corrected chi connectivity index (χ4v) is 1.85. The van der Waals surface area contributed by atoms with E-state index in [1.54, 1.807) is 4.52 Å². The highest BCUT2D eigenvalue weighted by atomic mass is 15.4. The highest BCUT2D eigenvalue weighted by Gasteiger charge is 2.11. The van der Waals surface area contributed by atoms with Crippen molar-refractivity contribution in [3.63, 3.8) is 0 Å². The first-order valence-electron chi connectivity index (χ1n) is 5.79. The molecule has 18 heavy (non-hydrogen) atoms. The van der Waals surface area contributed by atoms with Gasteiger partial charge in [0.05, 0.1) is 11.7 Å². The van der Waals surface area contributed by atoms with Crippen molar-refractivity contribution in [2.24, 2.45) is 5.73 Å². The minimum Gasteiger partial charge on any atom is -0.321 e. The lowest BCUT2D eigenvalue weighted by atomic mass is 10.1. The van der Waals surface area contributed by atoms with Gasteiger partial charge < -0.3 is 5.73 Å². The number of aromatic nitrogens is 4. The summed E-state index contributed by atoms with van der Waals surface area (Å²) in [5.74, 6) is 0.669. The zero-order chi connectivity index (χ0) is 12.5. The van der Waals surface area contributed by atoms with E-state index >= 15 is 0 Å². The quantitative estimate of drug-likeness (QED) is 0.740. The summed E-state index contributed by atoms with van der Waals surface area (Å²) in [6.07, 6.45) is 0. The molecule has 0 saturated carbocycles. The molecule has 0 amide bonds. The molecule has 2 aromatic heterocycles. The second-order valence-corrected chi connectivity index (χ2v) is 4.20. The van der Waals surface area contributed by atoms with Crippen molar-refractivity contribution < 1.29 is 0 Å². The van der Waals surface area contributed by atoms with Crippen LogP contribution in [0.4, 0.5) is 0 Å². The molecule has 0 fully saturated rings. The minimum atomic E-state index is -0.196. The lowest BCUT2D eigenvalue weighted by molar-refractivity contribution is 0.696. The molecule has 5 nitrogen and oxygen atoms in total. The molecular formula is C13H13N5. The second kappa shape index (κ2) is 4.19. The van der Waals surface area contributed by atoms with Gasteiger partial charge in [-0.25, -0.2) is 0 Å². The zero-order valence-corrected chi connectivity index (χ0v) is 9.99. The average molecular weight is 239 g/mol. The normalized spacial score (nSPS) is 12.8. The summed E-state index contributed by atoms with van der Waals surface area (Å²) < 4.78 is 1.70. The molecule has 90 valence electrons. The van der Waals surface area contributed by atoms with E-state index in [1.165, 1.54) is 0 Å². The van der Waals surface area contributed by atoms with Crippen LogP contribution in [0.15, 0.2) is 42.5 Å². The van der Waals surface area contributed by atoms with E-state index in [2.05, 4.69) is 15.3 Å². The predicted molar refractivity (Wildman–Crippen MR) is 68.8 cm³/mol. The van der Waals surface area contributed by atoms with E-state index in [0.717, 1.165) is 11.3 Å². The molecule has 1 aromatic carbocycles. The fraction of sp³-hybridized carbons (Fsp3) is 0.154. The van der Waals surface area contributed by atoms with Crippen LogP contribution in [0.25, 0.3) is 16.9 Å². The van der Waals surface area contributed by atoms with E-state index in [4.69, 9.17) is 5.73 Å². The summed E-state index contributed by atoms with van der Waals surface area (Å²) >= 11 is 0. The minimum absolute atomic E-state index is 0.196. The number of nitrogens with two attached hydrogens (primary N) is 1. The van der Waals surface area contributed by atoms with E-state index in [9.17, 15) is 0 Å². The van der Waals surface area contributed by atoms with Crippen LogP contribution in [0.3, 0.4) is 0 Å². The van der Waals surface area contributed by atoms with Gasteiger partial charge in [0.25, 0.3) is 0 Å². The van der Waals surface area contributed by atoms with Crippen LogP contribution >= 0.6 is 0 Å². The number of rotatable bonds is 2. The van der Waals surface area contributed by atoms with Gasteiger partial charge in [0.1, 0.15) is 0 Å². The highest BCUT2D eigenvalue weighted by molar-refractivity contribution is 5.59. The first-order chi connectivity index (χ1) is 8.75. The lowest BCUT2D eigenvalue weighted by Gasteiger charge is -2.04. The van der Waals surface area contributed by atoms with Crippen LogP contribution in [-0.2, 0) is 0 Å². The monoisotopic (exact) mass is 239 g/mol. The largest absolute Gasteiger partial charge is 0.321 e. The van der Waals surface area contributed by atoms with Crippen molar-refractivity contribution in [1.82, 2.24) is 19.8 Å². The molecule has 1 atom stereocenters. The Morgan fingerprint density at radius 2 is 1.83 bits per heavy atom. The Kier molecular flexibility index (Phi) is 2.53. The van der Waals surface area contributed by atoms with Gasteiger partial charge in [0.2, 0.25) is 0 Å². The van der Waals surface area contributed by atoms with E-state index in [1.807, 2.05) is 49.4 Å². The summed E-state index contributed by atoms with van der Waals surface area (Å²) in [6.45, 7) is 1.87. The van der Waals surface area contributed by atoms with Crippen LogP contribution in [-0.4, -0.2) is 19.8 Å². The summed E-state index contributed by atoms with van der Waals surface area (Å²) in [6, 6.07) is 13.6. The Morgan fingerprint density at radius 1 is 1.06 bits per heavy atom. The molecule has 2 heterocycles. The van der Waals surface area contributed by atoms with Crippen molar-refractivity contribution in [2.45, 2.75) is 13.0 Å². The van der Waals surface area contributed by atoms with Crippen molar-refractivity contribution in [3.05, 3.63) is 48.3 Å². The van der Waals surface area contributed by atoms with Gasteiger partial charge >= 0.3 is 0 Å². The molecule has 2 N–H and O–H groups in total. The van der Waals surface area contributed by atoms with Crippen LogP contribution in [0.5, 0.6) is 0 Å². The molecule has 3 aromatic rings. The molecule has 0 bridgehead atoms. The molecule has 0 aliphatic carbocycles. The number of hydrogen-bond donors (Lipinski definition) is 1. The third kappa shape index (κ3) is 1.74. The molecule has 0 aliphatic heterocycles. The maximum Gasteiger partial charge on any atom is 0.178 e. The van der Waals surface area contributed by atoms with E-state index < -0.39 is 0 Å². The standard InChI is InChI=1S/C13H13N5/c1-9(14)13-16-15-12-8-7-11(17-18(12)13)10-5-3-2-4-6-10/h2-9H,14H2,1H3/t9-/m0/s1. The first-order valence-corrected chi connectivity index (χ1v) is 5.79. The number of hydrogen-bond acceptors (Lipinski definition) is 4. The topological polar surface area (TPSA) is 69.1 Å². The molecular weight excluding hydrogens is 226 g/mol. The molecule has 5 heteroatoms. The van der Waals surface area contributed by atoms with E-state index in [-0.39, 0.29) is 6.04 Å². The van der Waals surface area contributed by atoms with Gasteiger partial charge in [0.15, 0.2) is 11.5 Å². The second-order valence-electron chi connectivity index (χ2n) is 4.20. The van der Waals surface area contributed by atoms with Crippen LogP contribution in [0.2, 0.25) is 0 Å². The Hall–Kier alpha value is -2.27. The van der Waals surface area contributed by atoms with E-state index in [0.29, 0.717) is 11.5 Å². The smallest absolute Gasteiger partial charge is 0.178 e. The summed E-state index contributed by atoms with van der Waals surface area (Å²) in [7, 11) is 0. The third-order valence-corrected chi connectivity index (χ3v) is 2.76. The molecule has 3 rings (SSSR count). The Bertz CT molecular complexity index is 672. The Balaban J connectivity index is 2.18. The third-order valence-electron chi connectivity index (χ3n) is 2.76. The fourth-order valence-electron chi connectivity index (χ4n) is 1.85. The zero-order valence-electron chi connectivity index (χ0n) is 9.99. The molecule has 0 aliphatic rings. The molecule has 0 radical (unpaired) electrons. The maximum atomic E-state index is 5.85. The number of nitrogens with zero attached hydrogens (tertiary/aromatic N) is 4. The van der Waals surface area contributed by atoms with Gasteiger partial charge in [-0.3, -0.25) is 0 Å². The van der Waals surface area contributed by atoms with Crippen LogP contribution in [0.1, 0.15) is 18.8 Å². The van der Waals surface area contributed by atoms with Gasteiger partial charge in [-0.2, -0.15) is 9.61 Å². The molecule has 0 saturated heterocycles. The van der Waals surface area contributed by atoms with Crippen molar-refractivity contribution in [2.75, 3.05) is 0 Å². The highest BCUT2D eigenvalue weighted by Crippen LogP contribution is 2.17. The lowest BCUT2D eigenvalue weighted by Crippen LogP contribution is -2.11.